The molecule has 0 radical (unpaired) electrons. The molecule has 1 aliphatic rings. The highest BCUT2D eigenvalue weighted by Gasteiger charge is 2.20. The van der Waals surface area contributed by atoms with E-state index in [-0.39, 0.29) is 16.4 Å². The molecular weight excluding hydrogens is 256 g/mol. The number of esters is 1. The van der Waals surface area contributed by atoms with Gasteiger partial charge in [0.25, 0.3) is 0 Å². The van der Waals surface area contributed by atoms with Gasteiger partial charge in [-0.05, 0) is 32.1 Å². The van der Waals surface area contributed by atoms with Gasteiger partial charge in [0, 0.05) is 10.7 Å². The fourth-order valence-corrected chi connectivity index (χ4v) is 2.03. The van der Waals surface area contributed by atoms with E-state index in [2.05, 4.69) is 29.8 Å². The van der Waals surface area contributed by atoms with Crippen LogP contribution in [0.15, 0.2) is 0 Å². The van der Waals surface area contributed by atoms with Crippen molar-refractivity contribution in [1.29, 1.82) is 0 Å². The molecule has 0 atom stereocenters. The van der Waals surface area contributed by atoms with Crippen LogP contribution in [0.3, 0.4) is 0 Å². The highest BCUT2D eigenvalue weighted by atomic mass is 79.9. The van der Waals surface area contributed by atoms with Crippen LogP contribution in [0.25, 0.3) is 0 Å². The van der Waals surface area contributed by atoms with Gasteiger partial charge >= 0.3 is 5.97 Å². The van der Waals surface area contributed by atoms with Crippen molar-refractivity contribution in [2.45, 2.75) is 69.2 Å². The molecule has 0 aromatic carbocycles. The van der Waals surface area contributed by atoms with Crippen LogP contribution in [0, 0.1) is 0 Å². The molecule has 1 saturated carbocycles. The lowest BCUT2D eigenvalue weighted by molar-refractivity contribution is -0.150. The Morgan fingerprint density at radius 1 is 1.33 bits per heavy atom. The van der Waals surface area contributed by atoms with Gasteiger partial charge < -0.3 is 4.74 Å². The van der Waals surface area contributed by atoms with Gasteiger partial charge in [-0.25, -0.2) is 0 Å². The number of hydrogen-bond donors (Lipinski definition) is 0. The van der Waals surface area contributed by atoms with E-state index >= 15 is 0 Å². The number of rotatable bonds is 4. The number of carbonyl (C=O) groups excluding carboxylic acids is 1. The molecule has 0 N–H and O–H groups in total. The highest BCUT2D eigenvalue weighted by molar-refractivity contribution is 9.10. The molecule has 15 heavy (non-hydrogen) atoms. The van der Waals surface area contributed by atoms with Gasteiger partial charge in [0.1, 0.15) is 6.10 Å². The van der Waals surface area contributed by atoms with E-state index in [0.29, 0.717) is 6.42 Å². The van der Waals surface area contributed by atoms with E-state index in [4.69, 9.17) is 4.74 Å². The highest BCUT2D eigenvalue weighted by Crippen LogP contribution is 2.24. The van der Waals surface area contributed by atoms with Crippen molar-refractivity contribution in [2.24, 2.45) is 0 Å². The predicted octanol–water partition coefficient (Wildman–Crippen LogP) is 3.82. The van der Waals surface area contributed by atoms with Crippen LogP contribution in [0.5, 0.6) is 0 Å². The quantitative estimate of drug-likeness (QED) is 0.577. The number of alkyl halides is 1. The minimum absolute atomic E-state index is 0.0329. The Hall–Kier alpha value is -0.0500. The summed E-state index contributed by atoms with van der Waals surface area (Å²) in [5.74, 6) is -0.0329. The molecule has 88 valence electrons. The molecule has 0 saturated heterocycles. The molecular formula is C12H21BrO2. The van der Waals surface area contributed by atoms with Gasteiger partial charge in [0.2, 0.25) is 0 Å². The maximum atomic E-state index is 11.5. The summed E-state index contributed by atoms with van der Waals surface area (Å²) in [4.78, 5) is 11.5. The molecule has 0 heterocycles. The molecule has 0 aromatic heterocycles. The molecule has 0 aliphatic heterocycles. The predicted molar refractivity (Wildman–Crippen MR) is 65.2 cm³/mol. The average Bonchev–Trinajstić information content (AvgIpc) is 2.15. The minimum atomic E-state index is -0.0329. The van der Waals surface area contributed by atoms with Crippen LogP contribution in [-0.4, -0.2) is 16.4 Å². The normalized spacial score (nSPS) is 18.9. The Morgan fingerprint density at radius 3 is 2.47 bits per heavy atom. The third kappa shape index (κ3) is 6.18. The van der Waals surface area contributed by atoms with Crippen molar-refractivity contribution in [2.75, 3.05) is 0 Å². The molecule has 0 spiro atoms. The van der Waals surface area contributed by atoms with E-state index in [1.165, 1.54) is 19.3 Å². The van der Waals surface area contributed by atoms with Crippen molar-refractivity contribution in [1.82, 2.24) is 0 Å². The molecule has 0 unspecified atom stereocenters. The van der Waals surface area contributed by atoms with Crippen molar-refractivity contribution < 1.29 is 9.53 Å². The van der Waals surface area contributed by atoms with E-state index in [1.54, 1.807) is 0 Å². The van der Waals surface area contributed by atoms with Crippen LogP contribution < -0.4 is 0 Å². The maximum Gasteiger partial charge on any atom is 0.306 e. The number of halogens is 1. The Kier molecular flexibility index (Phi) is 5.10. The molecule has 1 fully saturated rings. The molecule has 0 bridgehead atoms. The van der Waals surface area contributed by atoms with Gasteiger partial charge in [0.15, 0.2) is 0 Å². The first-order valence-electron chi connectivity index (χ1n) is 5.86. The maximum absolute atomic E-state index is 11.5. The summed E-state index contributed by atoms with van der Waals surface area (Å²) in [6.45, 7) is 4.14. The van der Waals surface area contributed by atoms with E-state index < -0.39 is 0 Å². The van der Waals surface area contributed by atoms with Gasteiger partial charge in [-0.1, -0.05) is 36.2 Å². The van der Waals surface area contributed by atoms with Gasteiger partial charge in [-0.2, -0.15) is 0 Å². The summed E-state index contributed by atoms with van der Waals surface area (Å²) in [6, 6.07) is 0. The largest absolute Gasteiger partial charge is 0.462 e. The van der Waals surface area contributed by atoms with E-state index in [1.807, 2.05) is 0 Å². The second-order valence-electron chi connectivity index (χ2n) is 4.97. The second-order valence-corrected chi connectivity index (χ2v) is 7.12. The lowest BCUT2D eigenvalue weighted by Crippen LogP contribution is -2.22. The van der Waals surface area contributed by atoms with Crippen molar-refractivity contribution in [3.8, 4) is 0 Å². The number of carbonyl (C=O) groups is 1. The smallest absolute Gasteiger partial charge is 0.306 e. The number of ether oxygens (including phenoxy) is 1. The first-order chi connectivity index (χ1) is 6.97. The Bertz CT molecular complexity index is 202. The summed E-state index contributed by atoms with van der Waals surface area (Å²) < 4.78 is 5.47. The summed E-state index contributed by atoms with van der Waals surface area (Å²) in [6.07, 6.45) is 7.39. The minimum Gasteiger partial charge on any atom is -0.462 e. The van der Waals surface area contributed by atoms with Crippen molar-refractivity contribution in [3.63, 3.8) is 0 Å². The fourth-order valence-electron chi connectivity index (χ4n) is 1.83. The van der Waals surface area contributed by atoms with Crippen LogP contribution in [0.2, 0.25) is 0 Å². The van der Waals surface area contributed by atoms with Crippen LogP contribution in [-0.2, 0) is 9.53 Å². The molecule has 1 rings (SSSR count). The summed E-state index contributed by atoms with van der Waals surface area (Å²) >= 11 is 3.52. The summed E-state index contributed by atoms with van der Waals surface area (Å²) in [5.41, 5.74) is 0. The monoisotopic (exact) mass is 276 g/mol. The molecule has 2 nitrogen and oxygen atoms in total. The zero-order chi connectivity index (χ0) is 11.3. The molecule has 3 heteroatoms. The standard InChI is InChI=1S/C12H21BrO2/c1-12(2,13)9-8-11(14)15-10-6-4-3-5-7-10/h10H,3-9H2,1-2H3. The lowest BCUT2D eigenvalue weighted by atomic mass is 9.98. The Balaban J connectivity index is 2.17. The van der Waals surface area contributed by atoms with E-state index in [9.17, 15) is 4.79 Å². The van der Waals surface area contributed by atoms with Gasteiger partial charge in [-0.3, -0.25) is 4.79 Å². The first kappa shape index (κ1) is 13.0. The van der Waals surface area contributed by atoms with Crippen molar-refractivity contribution >= 4 is 21.9 Å². The van der Waals surface area contributed by atoms with E-state index in [0.717, 1.165) is 19.3 Å². The van der Waals surface area contributed by atoms with Crippen LogP contribution in [0.4, 0.5) is 0 Å². The van der Waals surface area contributed by atoms with Crippen molar-refractivity contribution in [3.05, 3.63) is 0 Å². The topological polar surface area (TPSA) is 26.3 Å². The third-order valence-corrected chi connectivity index (χ3v) is 3.17. The SMILES string of the molecule is CC(C)(Br)CCC(=O)OC1CCCCC1. The van der Waals surface area contributed by atoms with Gasteiger partial charge in [0.05, 0.1) is 0 Å². The Labute approximate surface area is 101 Å². The van der Waals surface area contributed by atoms with Gasteiger partial charge in [-0.15, -0.1) is 0 Å². The number of hydrogen-bond acceptors (Lipinski definition) is 2. The molecule has 0 amide bonds. The second kappa shape index (κ2) is 5.88. The molecule has 0 aromatic rings. The lowest BCUT2D eigenvalue weighted by Gasteiger charge is -2.22. The zero-order valence-electron chi connectivity index (χ0n) is 9.72. The average molecular weight is 277 g/mol. The van der Waals surface area contributed by atoms with Crippen LogP contribution in [0.1, 0.15) is 58.8 Å². The summed E-state index contributed by atoms with van der Waals surface area (Å²) in [7, 11) is 0. The fraction of sp³-hybridized carbons (Fsp3) is 0.917. The zero-order valence-corrected chi connectivity index (χ0v) is 11.3. The summed E-state index contributed by atoms with van der Waals surface area (Å²) in [5, 5.41) is 0. The van der Waals surface area contributed by atoms with Crippen LogP contribution >= 0.6 is 15.9 Å². The third-order valence-electron chi connectivity index (χ3n) is 2.77. The first-order valence-corrected chi connectivity index (χ1v) is 6.65. The Morgan fingerprint density at radius 2 is 1.93 bits per heavy atom. The molecule has 1 aliphatic carbocycles.